The lowest BCUT2D eigenvalue weighted by Crippen LogP contribution is -2.39. The molecule has 0 radical (unpaired) electrons. The minimum absolute atomic E-state index is 0.118. The van der Waals surface area contributed by atoms with Crippen molar-refractivity contribution in [2.24, 2.45) is 11.7 Å². The third-order valence-corrected chi connectivity index (χ3v) is 7.74. The number of ether oxygens (including phenoxy) is 1. The Hall–Kier alpha value is -2.83. The van der Waals surface area contributed by atoms with Crippen LogP contribution >= 0.6 is 23.1 Å². The van der Waals surface area contributed by atoms with Gasteiger partial charge in [0.25, 0.3) is 0 Å². The largest absolute Gasteiger partial charge is 0.462 e. The fraction of sp³-hybridized carbons (Fsp3) is 0.417. The van der Waals surface area contributed by atoms with Crippen molar-refractivity contribution in [2.45, 2.75) is 39.4 Å². The molecule has 3 rings (SSSR count). The Labute approximate surface area is 202 Å². The molecule has 7 nitrogen and oxygen atoms in total. The van der Waals surface area contributed by atoms with Crippen LogP contribution in [0.15, 0.2) is 23.1 Å². The van der Waals surface area contributed by atoms with Gasteiger partial charge >= 0.3 is 5.97 Å². The first kappa shape index (κ1) is 24.8. The van der Waals surface area contributed by atoms with Gasteiger partial charge in [0.05, 0.1) is 17.7 Å². The van der Waals surface area contributed by atoms with Gasteiger partial charge in [-0.15, -0.1) is 29.5 Å². The number of primary amides is 1. The molecule has 1 saturated heterocycles. The van der Waals surface area contributed by atoms with Crippen LogP contribution in [0.2, 0.25) is 0 Å². The van der Waals surface area contributed by atoms with Gasteiger partial charge in [0, 0.05) is 23.9 Å². The first-order valence-corrected chi connectivity index (χ1v) is 12.6. The summed E-state index contributed by atoms with van der Waals surface area (Å²) in [5, 5.41) is 0.868. The number of piperidine rings is 1. The molecule has 2 N–H and O–H groups in total. The second-order valence-corrected chi connectivity index (χ2v) is 9.61. The number of aryl methyl sites for hydroxylation is 1. The van der Waals surface area contributed by atoms with E-state index in [4.69, 9.17) is 26.9 Å². The number of allylic oxidation sites excluding steroid dienone is 3. The number of thiophene rings is 1. The number of hydrogen-bond acceptors (Lipinski definition) is 8. The van der Waals surface area contributed by atoms with E-state index in [0.29, 0.717) is 49.0 Å². The van der Waals surface area contributed by atoms with E-state index in [0.717, 1.165) is 26.5 Å². The molecule has 1 aliphatic rings. The molecule has 0 spiro atoms. The summed E-state index contributed by atoms with van der Waals surface area (Å²) in [6, 6.07) is 0. The molecule has 0 aromatic carbocycles. The molecule has 0 unspecified atom stereocenters. The molecule has 0 bridgehead atoms. The maximum atomic E-state index is 12.5. The van der Waals surface area contributed by atoms with Crippen LogP contribution in [0.3, 0.4) is 0 Å². The zero-order valence-corrected chi connectivity index (χ0v) is 20.7. The number of carbonyl (C=O) groups excluding carboxylic acids is 2. The third kappa shape index (κ3) is 5.75. The molecule has 1 aliphatic heterocycles. The van der Waals surface area contributed by atoms with Gasteiger partial charge in [0.2, 0.25) is 5.91 Å². The molecule has 9 heteroatoms. The van der Waals surface area contributed by atoms with Crippen molar-refractivity contribution in [3.05, 3.63) is 39.4 Å². The van der Waals surface area contributed by atoms with Crippen molar-refractivity contribution in [3.63, 3.8) is 0 Å². The Balaban J connectivity index is 2.00. The number of hydrogen-bond donors (Lipinski definition) is 1. The van der Waals surface area contributed by atoms with E-state index in [2.05, 4.69) is 10.8 Å². The number of fused-ring (bicyclic) bond motifs is 1. The molecule has 33 heavy (non-hydrogen) atoms. The molecule has 174 valence electrons. The zero-order chi connectivity index (χ0) is 24.0. The highest BCUT2D eigenvalue weighted by Crippen LogP contribution is 2.38. The van der Waals surface area contributed by atoms with Crippen LogP contribution in [0.25, 0.3) is 10.2 Å². The number of amides is 1. The molecule has 2 aromatic rings. The van der Waals surface area contributed by atoms with Gasteiger partial charge in [0.15, 0.2) is 0 Å². The number of nitrogens with two attached hydrogens (primary N) is 1. The van der Waals surface area contributed by atoms with Crippen molar-refractivity contribution in [1.82, 2.24) is 9.97 Å². The second-order valence-electron chi connectivity index (χ2n) is 7.56. The number of thioether (sulfide) groups is 1. The maximum Gasteiger partial charge on any atom is 0.348 e. The van der Waals surface area contributed by atoms with E-state index in [-0.39, 0.29) is 17.8 Å². The fourth-order valence-electron chi connectivity index (χ4n) is 3.73. The minimum atomic E-state index is -0.345. The Kier molecular flexibility index (Phi) is 8.53. The van der Waals surface area contributed by atoms with E-state index in [1.54, 1.807) is 24.8 Å². The van der Waals surface area contributed by atoms with E-state index in [9.17, 15) is 9.59 Å². The van der Waals surface area contributed by atoms with Crippen LogP contribution in [0.4, 0.5) is 5.82 Å². The number of terminal acetylenes is 1. The summed E-state index contributed by atoms with van der Waals surface area (Å²) in [6.07, 6.45) is 12.2. The van der Waals surface area contributed by atoms with Gasteiger partial charge < -0.3 is 15.4 Å². The Morgan fingerprint density at radius 1 is 1.36 bits per heavy atom. The summed E-state index contributed by atoms with van der Waals surface area (Å²) in [5.41, 5.74) is 6.34. The maximum absolute atomic E-state index is 12.5. The smallest absolute Gasteiger partial charge is 0.348 e. The van der Waals surface area contributed by atoms with E-state index in [1.807, 2.05) is 26.0 Å². The molecular formula is C24H28N4O3S2. The third-order valence-electron chi connectivity index (χ3n) is 5.47. The Bertz CT molecular complexity index is 1140. The lowest BCUT2D eigenvalue weighted by Gasteiger charge is -2.32. The normalized spacial score (nSPS) is 15.2. The van der Waals surface area contributed by atoms with Crippen LogP contribution in [-0.2, 0) is 15.3 Å². The zero-order valence-electron chi connectivity index (χ0n) is 19.1. The summed E-state index contributed by atoms with van der Waals surface area (Å²) in [5.74, 6) is 3.81. The monoisotopic (exact) mass is 484 g/mol. The summed E-state index contributed by atoms with van der Waals surface area (Å²) in [6.45, 7) is 7.30. The molecule has 0 atom stereocenters. The SMILES string of the molecule is C#C/C=C\C(=C/C)SCc1nc(N2CCC(C(N)=O)CC2)c2c(C)c(C(=O)OCC)sc2n1. The molecule has 1 amide bonds. The summed E-state index contributed by atoms with van der Waals surface area (Å²) in [7, 11) is 0. The van der Waals surface area contributed by atoms with Crippen LogP contribution in [0.1, 0.15) is 47.7 Å². The lowest BCUT2D eigenvalue weighted by molar-refractivity contribution is -0.122. The summed E-state index contributed by atoms with van der Waals surface area (Å²) < 4.78 is 5.25. The lowest BCUT2D eigenvalue weighted by atomic mass is 9.96. The highest BCUT2D eigenvalue weighted by Gasteiger charge is 2.28. The predicted octanol–water partition coefficient (Wildman–Crippen LogP) is 4.20. The average molecular weight is 485 g/mol. The number of anilines is 1. The molecule has 0 aliphatic carbocycles. The second kappa shape index (κ2) is 11.3. The van der Waals surface area contributed by atoms with Crippen molar-refractivity contribution in [1.29, 1.82) is 0 Å². The van der Waals surface area contributed by atoms with E-state index < -0.39 is 0 Å². The molecule has 1 fully saturated rings. The molecule has 3 heterocycles. The summed E-state index contributed by atoms with van der Waals surface area (Å²) >= 11 is 2.93. The fourth-order valence-corrected chi connectivity index (χ4v) is 5.57. The van der Waals surface area contributed by atoms with Crippen molar-refractivity contribution >= 4 is 51.0 Å². The van der Waals surface area contributed by atoms with Gasteiger partial charge in [-0.2, -0.15) is 0 Å². The minimum Gasteiger partial charge on any atom is -0.462 e. The van der Waals surface area contributed by atoms with Crippen molar-refractivity contribution in [2.75, 3.05) is 24.6 Å². The van der Waals surface area contributed by atoms with Gasteiger partial charge in [-0.3, -0.25) is 4.79 Å². The topological polar surface area (TPSA) is 98.4 Å². The highest BCUT2D eigenvalue weighted by molar-refractivity contribution is 8.02. The van der Waals surface area contributed by atoms with Crippen LogP contribution in [0, 0.1) is 25.2 Å². The highest BCUT2D eigenvalue weighted by atomic mass is 32.2. The van der Waals surface area contributed by atoms with Gasteiger partial charge in [-0.1, -0.05) is 12.0 Å². The molecule has 2 aromatic heterocycles. The number of carbonyl (C=O) groups is 2. The van der Waals surface area contributed by atoms with Crippen molar-refractivity contribution < 1.29 is 14.3 Å². The number of rotatable bonds is 8. The first-order chi connectivity index (χ1) is 15.9. The molecular weight excluding hydrogens is 456 g/mol. The van der Waals surface area contributed by atoms with Crippen LogP contribution in [-0.4, -0.2) is 41.5 Å². The average Bonchev–Trinajstić information content (AvgIpc) is 3.15. The predicted molar refractivity (Wildman–Crippen MR) is 135 cm³/mol. The first-order valence-electron chi connectivity index (χ1n) is 10.8. The number of aromatic nitrogens is 2. The Morgan fingerprint density at radius 3 is 2.70 bits per heavy atom. The quantitative estimate of drug-likeness (QED) is 0.340. The van der Waals surface area contributed by atoms with Gasteiger partial charge in [0.1, 0.15) is 21.3 Å². The molecule has 0 saturated carbocycles. The van der Waals surface area contributed by atoms with Crippen LogP contribution in [0.5, 0.6) is 0 Å². The van der Waals surface area contributed by atoms with E-state index >= 15 is 0 Å². The van der Waals surface area contributed by atoms with Gasteiger partial charge in [-0.05, 0) is 51.3 Å². The van der Waals surface area contributed by atoms with Crippen LogP contribution < -0.4 is 10.6 Å². The van der Waals surface area contributed by atoms with Gasteiger partial charge in [-0.25, -0.2) is 14.8 Å². The van der Waals surface area contributed by atoms with E-state index in [1.165, 1.54) is 11.3 Å². The number of esters is 1. The standard InChI is InChI=1S/C24H28N4O3S2/c1-5-8-9-17(6-2)32-14-18-26-22(28-12-10-16(11-13-28)21(25)29)19-15(4)20(24(30)31-7-3)33-23(19)27-18/h1,6,8-9,16H,7,10-14H2,2-4H3,(H2,25,29)/b9-8-,17-6+. The van der Waals surface area contributed by atoms with Crippen molar-refractivity contribution in [3.8, 4) is 12.3 Å². The Morgan fingerprint density at radius 2 is 2.09 bits per heavy atom. The summed E-state index contributed by atoms with van der Waals surface area (Å²) in [4.78, 5) is 38.3. The number of nitrogens with zero attached hydrogens (tertiary/aromatic N) is 3.